The Labute approximate surface area is 208 Å². The first-order chi connectivity index (χ1) is 17.1. The second-order valence-corrected chi connectivity index (χ2v) is 10.5. The molecule has 1 aromatic carbocycles. The molecule has 3 atom stereocenters. The van der Waals surface area contributed by atoms with E-state index in [4.69, 9.17) is 4.74 Å². The van der Waals surface area contributed by atoms with Crippen LogP contribution in [0.4, 0.5) is 14.6 Å². The van der Waals surface area contributed by atoms with Crippen LogP contribution in [-0.4, -0.2) is 56.8 Å². The predicted octanol–water partition coefficient (Wildman–Crippen LogP) is 4.48. The van der Waals surface area contributed by atoms with Gasteiger partial charge in [-0.25, -0.2) is 8.78 Å². The standard InChI is InChI=1S/C26H30F2N6O2/c1-25-8-5-9-26(2,33-25)13-16(12-25)34(3)20-7-6-18(30-31-20)22-19(35)11-17(23(27)24(22)28)15-10-21(36-4)32-29-14-15/h6-7,10-11,14,16,33,35H,5,8-9,12-13H2,1-4H3/t16-,25+,26-. The van der Waals surface area contributed by atoms with Gasteiger partial charge in [0.15, 0.2) is 17.5 Å². The maximum absolute atomic E-state index is 15.2. The zero-order valence-electron chi connectivity index (χ0n) is 20.8. The molecule has 3 aromatic rings. The molecule has 4 heterocycles. The lowest BCUT2D eigenvalue weighted by Crippen LogP contribution is -2.66. The van der Waals surface area contributed by atoms with Gasteiger partial charge in [0, 0.05) is 41.4 Å². The minimum absolute atomic E-state index is 0.0409. The molecule has 2 bridgehead atoms. The van der Waals surface area contributed by atoms with Gasteiger partial charge in [-0.05, 0) is 64.2 Å². The largest absolute Gasteiger partial charge is 0.507 e. The number of phenols is 1. The van der Waals surface area contributed by atoms with Gasteiger partial charge in [0.05, 0.1) is 24.6 Å². The molecule has 190 valence electrons. The summed E-state index contributed by atoms with van der Waals surface area (Å²) in [5, 5.41) is 30.3. The number of rotatable bonds is 5. The summed E-state index contributed by atoms with van der Waals surface area (Å²) in [5.41, 5.74) is -0.0790. The number of nitrogens with zero attached hydrogens (tertiary/aromatic N) is 5. The number of fused-ring (bicyclic) bond motifs is 2. The van der Waals surface area contributed by atoms with Crippen molar-refractivity contribution in [2.45, 2.75) is 63.1 Å². The van der Waals surface area contributed by atoms with Crippen LogP contribution in [0.2, 0.25) is 0 Å². The van der Waals surface area contributed by atoms with E-state index in [-0.39, 0.29) is 45.4 Å². The summed E-state index contributed by atoms with van der Waals surface area (Å²) in [6, 6.07) is 6.10. The fourth-order valence-electron chi connectivity index (χ4n) is 5.91. The normalized spacial score (nSPS) is 25.4. The second kappa shape index (κ2) is 8.92. The molecule has 0 amide bonds. The maximum atomic E-state index is 15.2. The van der Waals surface area contributed by atoms with E-state index in [2.05, 4.69) is 44.5 Å². The second-order valence-electron chi connectivity index (χ2n) is 10.5. The molecule has 36 heavy (non-hydrogen) atoms. The number of aromatic hydroxyl groups is 1. The van der Waals surface area contributed by atoms with E-state index in [9.17, 15) is 5.11 Å². The SMILES string of the molecule is COc1cc(-c2cc(O)c(-c3ccc(N(C)[C@@H]4C[C@]5(C)CCC[C@](C)(C4)N5)nn3)c(F)c2F)cnn1. The molecular weight excluding hydrogens is 466 g/mol. The number of ether oxygens (including phenoxy) is 1. The Morgan fingerprint density at radius 3 is 2.42 bits per heavy atom. The van der Waals surface area contributed by atoms with E-state index < -0.39 is 17.4 Å². The van der Waals surface area contributed by atoms with Crippen LogP contribution in [0.3, 0.4) is 0 Å². The van der Waals surface area contributed by atoms with Crippen LogP contribution < -0.4 is 15.0 Å². The fraction of sp³-hybridized carbons (Fsp3) is 0.462. The molecule has 2 aliphatic heterocycles. The monoisotopic (exact) mass is 496 g/mol. The highest BCUT2D eigenvalue weighted by molar-refractivity contribution is 5.75. The number of nitrogens with one attached hydrogen (secondary N) is 1. The number of hydrogen-bond donors (Lipinski definition) is 2. The molecule has 10 heteroatoms. The topological polar surface area (TPSA) is 96.3 Å². The average molecular weight is 497 g/mol. The molecule has 0 unspecified atom stereocenters. The van der Waals surface area contributed by atoms with Crippen molar-refractivity contribution in [2.24, 2.45) is 0 Å². The highest BCUT2D eigenvalue weighted by Gasteiger charge is 2.46. The molecule has 8 nitrogen and oxygen atoms in total. The van der Waals surface area contributed by atoms with Crippen LogP contribution >= 0.6 is 0 Å². The Morgan fingerprint density at radius 2 is 1.78 bits per heavy atom. The highest BCUT2D eigenvalue weighted by atomic mass is 19.2. The van der Waals surface area contributed by atoms with Crippen molar-refractivity contribution >= 4 is 5.82 Å². The Morgan fingerprint density at radius 1 is 1.06 bits per heavy atom. The fourth-order valence-corrected chi connectivity index (χ4v) is 5.91. The summed E-state index contributed by atoms with van der Waals surface area (Å²) >= 11 is 0. The molecule has 2 aromatic heterocycles. The summed E-state index contributed by atoms with van der Waals surface area (Å²) in [6.45, 7) is 4.56. The summed E-state index contributed by atoms with van der Waals surface area (Å²) in [7, 11) is 3.38. The van der Waals surface area contributed by atoms with Crippen LogP contribution in [-0.2, 0) is 0 Å². The number of halogens is 2. The van der Waals surface area contributed by atoms with Gasteiger partial charge in [-0.2, -0.15) is 5.10 Å². The molecule has 0 radical (unpaired) electrons. The Hall–Kier alpha value is -3.40. The third kappa shape index (κ3) is 4.34. The first-order valence-electron chi connectivity index (χ1n) is 12.1. The molecule has 5 rings (SSSR count). The van der Waals surface area contributed by atoms with Gasteiger partial charge in [0.2, 0.25) is 5.88 Å². The van der Waals surface area contributed by atoms with E-state index in [1.165, 1.54) is 25.8 Å². The number of aromatic nitrogens is 4. The minimum atomic E-state index is -1.22. The van der Waals surface area contributed by atoms with Gasteiger partial charge in [0.25, 0.3) is 0 Å². The van der Waals surface area contributed by atoms with Crippen molar-refractivity contribution in [3.63, 3.8) is 0 Å². The Bertz CT molecular complexity index is 1270. The molecule has 0 aliphatic carbocycles. The third-order valence-electron chi connectivity index (χ3n) is 7.59. The first kappa shape index (κ1) is 24.3. The highest BCUT2D eigenvalue weighted by Crippen LogP contribution is 2.42. The average Bonchev–Trinajstić information content (AvgIpc) is 2.85. The van der Waals surface area contributed by atoms with Crippen LogP contribution in [0.1, 0.15) is 46.0 Å². The lowest BCUT2D eigenvalue weighted by molar-refractivity contribution is 0.0784. The molecule has 2 fully saturated rings. The zero-order valence-corrected chi connectivity index (χ0v) is 20.8. The first-order valence-corrected chi connectivity index (χ1v) is 12.1. The van der Waals surface area contributed by atoms with Gasteiger partial charge in [-0.15, -0.1) is 15.3 Å². The van der Waals surface area contributed by atoms with Crippen molar-refractivity contribution in [2.75, 3.05) is 19.1 Å². The lowest BCUT2D eigenvalue weighted by Gasteiger charge is -2.55. The summed E-state index contributed by atoms with van der Waals surface area (Å²) < 4.78 is 35.2. The van der Waals surface area contributed by atoms with Crippen molar-refractivity contribution in [1.29, 1.82) is 0 Å². The van der Waals surface area contributed by atoms with Crippen molar-refractivity contribution in [3.05, 3.63) is 42.1 Å². The van der Waals surface area contributed by atoms with Gasteiger partial charge in [0.1, 0.15) is 5.75 Å². The maximum Gasteiger partial charge on any atom is 0.233 e. The zero-order chi connectivity index (χ0) is 25.7. The van der Waals surface area contributed by atoms with E-state index >= 15 is 8.78 Å². The molecular formula is C26H30F2N6O2. The van der Waals surface area contributed by atoms with Gasteiger partial charge in [-0.3, -0.25) is 0 Å². The Kier molecular flexibility index (Phi) is 6.02. The Balaban J connectivity index is 1.42. The number of piperidine rings is 2. The van der Waals surface area contributed by atoms with Crippen LogP contribution in [0.15, 0.2) is 30.5 Å². The van der Waals surface area contributed by atoms with Gasteiger partial charge >= 0.3 is 0 Å². The number of methoxy groups -OCH3 is 1. The molecule has 2 saturated heterocycles. The van der Waals surface area contributed by atoms with Crippen LogP contribution in [0.25, 0.3) is 22.4 Å². The van der Waals surface area contributed by atoms with Gasteiger partial charge in [-0.1, -0.05) is 0 Å². The van der Waals surface area contributed by atoms with Crippen molar-refractivity contribution in [3.8, 4) is 34.0 Å². The summed E-state index contributed by atoms with van der Waals surface area (Å²) in [6.07, 6.45) is 6.73. The van der Waals surface area contributed by atoms with Crippen molar-refractivity contribution < 1.29 is 18.6 Å². The number of anilines is 1. The molecule has 0 spiro atoms. The number of phenolic OH excluding ortho intramolecular Hbond substituents is 1. The third-order valence-corrected chi connectivity index (χ3v) is 7.59. The van der Waals surface area contributed by atoms with Gasteiger partial charge < -0.3 is 20.1 Å². The summed E-state index contributed by atoms with van der Waals surface area (Å²) in [4.78, 5) is 2.11. The van der Waals surface area contributed by atoms with E-state index in [1.807, 2.05) is 7.05 Å². The predicted molar refractivity (Wildman–Crippen MR) is 132 cm³/mol. The van der Waals surface area contributed by atoms with Crippen LogP contribution in [0, 0.1) is 11.6 Å². The van der Waals surface area contributed by atoms with E-state index in [0.29, 0.717) is 5.82 Å². The van der Waals surface area contributed by atoms with Crippen molar-refractivity contribution in [1.82, 2.24) is 25.7 Å². The number of benzene rings is 1. The quantitative estimate of drug-likeness (QED) is 0.534. The number of hydrogen-bond acceptors (Lipinski definition) is 8. The summed E-state index contributed by atoms with van der Waals surface area (Å²) in [5.74, 6) is -2.03. The smallest absolute Gasteiger partial charge is 0.233 e. The van der Waals surface area contributed by atoms with Crippen LogP contribution in [0.5, 0.6) is 11.6 Å². The van der Waals surface area contributed by atoms with E-state index in [0.717, 1.165) is 31.7 Å². The minimum Gasteiger partial charge on any atom is -0.507 e. The van der Waals surface area contributed by atoms with E-state index in [1.54, 1.807) is 12.1 Å². The molecule has 0 saturated carbocycles. The lowest BCUT2D eigenvalue weighted by atomic mass is 9.69. The molecule has 2 aliphatic rings. The molecule has 2 N–H and O–H groups in total.